The van der Waals surface area contributed by atoms with Crippen LogP contribution in [0.3, 0.4) is 0 Å². The molecule has 4 heterocycles. The van der Waals surface area contributed by atoms with Gasteiger partial charge in [-0.3, -0.25) is 0 Å². The van der Waals surface area contributed by atoms with Crippen molar-refractivity contribution < 1.29 is 22.3 Å². The summed E-state index contributed by atoms with van der Waals surface area (Å²) in [7, 11) is -1.66. The second kappa shape index (κ2) is 9.26. The number of nitrogens with zero attached hydrogens (tertiary/aromatic N) is 4. The van der Waals surface area contributed by atoms with Gasteiger partial charge in [-0.15, -0.1) is 11.3 Å². The first-order valence-corrected chi connectivity index (χ1v) is 14.4. The van der Waals surface area contributed by atoms with Crippen LogP contribution in [-0.4, -0.2) is 41.4 Å². The summed E-state index contributed by atoms with van der Waals surface area (Å²) in [4.78, 5) is 9.57. The van der Waals surface area contributed by atoms with Crippen molar-refractivity contribution >= 4 is 37.8 Å². The Morgan fingerprint density at radius 1 is 1.05 bits per heavy atom. The van der Waals surface area contributed by atoms with E-state index in [-0.39, 0.29) is 11.5 Å². The Hall–Kier alpha value is -4.22. The number of sulfone groups is 1. The van der Waals surface area contributed by atoms with Gasteiger partial charge in [0.1, 0.15) is 34.4 Å². The lowest BCUT2D eigenvalue weighted by Crippen LogP contribution is -1.97. The molecule has 0 fully saturated rings. The second-order valence-electron chi connectivity index (χ2n) is 8.78. The van der Waals surface area contributed by atoms with Crippen molar-refractivity contribution in [3.8, 4) is 33.5 Å². The number of hydrogen-bond acceptors (Lipinski definition) is 9. The molecule has 4 aromatic heterocycles. The predicted molar refractivity (Wildman–Crippen MR) is 144 cm³/mol. The van der Waals surface area contributed by atoms with Crippen LogP contribution in [0.15, 0.2) is 75.5 Å². The lowest BCUT2D eigenvalue weighted by Gasteiger charge is -2.08. The fourth-order valence-electron chi connectivity index (χ4n) is 4.04. The van der Waals surface area contributed by atoms with E-state index in [0.29, 0.717) is 28.5 Å². The number of fused-ring (bicyclic) bond motifs is 2. The summed E-state index contributed by atoms with van der Waals surface area (Å²) in [5.74, 6) is 1.79. The average Bonchev–Trinajstić information content (AvgIpc) is 3.64. The Bertz CT molecular complexity index is 1900. The van der Waals surface area contributed by atoms with Crippen LogP contribution in [-0.2, 0) is 16.4 Å². The summed E-state index contributed by atoms with van der Waals surface area (Å²) in [5.41, 5.74) is 4.48. The summed E-state index contributed by atoms with van der Waals surface area (Å²) >= 11 is 1.47. The largest absolute Gasteiger partial charge is 0.496 e. The molecule has 11 heteroatoms. The number of aryl methyl sites for hydroxylation is 1. The molecule has 2 aromatic carbocycles. The minimum absolute atomic E-state index is 0.234. The van der Waals surface area contributed by atoms with Crippen molar-refractivity contribution in [2.75, 3.05) is 13.4 Å². The number of furan rings is 1. The Balaban J connectivity index is 1.27. The number of methoxy groups -OCH3 is 1. The molecule has 0 aliphatic heterocycles. The first kappa shape index (κ1) is 24.1. The minimum Gasteiger partial charge on any atom is -0.496 e. The molecule has 0 bridgehead atoms. The van der Waals surface area contributed by atoms with E-state index in [0.717, 1.165) is 33.0 Å². The van der Waals surface area contributed by atoms with Crippen LogP contribution in [0.25, 0.3) is 38.6 Å². The maximum atomic E-state index is 11.7. The highest BCUT2D eigenvalue weighted by atomic mass is 32.2. The van der Waals surface area contributed by atoms with E-state index in [2.05, 4.69) is 15.1 Å². The highest BCUT2D eigenvalue weighted by molar-refractivity contribution is 7.90. The van der Waals surface area contributed by atoms with Crippen LogP contribution in [0.4, 0.5) is 0 Å². The molecule has 9 nitrogen and oxygen atoms in total. The zero-order valence-corrected chi connectivity index (χ0v) is 22.3. The van der Waals surface area contributed by atoms with Gasteiger partial charge in [0.05, 0.1) is 35.0 Å². The maximum Gasteiger partial charge on any atom is 0.175 e. The number of aromatic nitrogens is 4. The van der Waals surface area contributed by atoms with Gasteiger partial charge in [-0.05, 0) is 37.3 Å². The van der Waals surface area contributed by atoms with Crippen molar-refractivity contribution in [1.82, 2.24) is 19.6 Å². The van der Waals surface area contributed by atoms with Crippen LogP contribution in [0.5, 0.6) is 11.5 Å². The molecule has 0 aliphatic rings. The average molecular weight is 547 g/mol. The van der Waals surface area contributed by atoms with Crippen LogP contribution in [0.2, 0.25) is 0 Å². The summed E-state index contributed by atoms with van der Waals surface area (Å²) in [6.07, 6.45) is 3.02. The lowest BCUT2D eigenvalue weighted by molar-refractivity contribution is 0.303. The monoisotopic (exact) mass is 546 g/mol. The SMILES string of the molecule is COc1cc(OCc2csc(-c3ccc(S(C)(=O)=O)cc3)n2)c2cc(-c3cn4nc(C)ccc4n3)oc2c1. The molecular formula is C27H22N4O5S2. The second-order valence-corrected chi connectivity index (χ2v) is 11.7. The Morgan fingerprint density at radius 3 is 2.63 bits per heavy atom. The van der Waals surface area contributed by atoms with Gasteiger partial charge >= 0.3 is 0 Å². The van der Waals surface area contributed by atoms with E-state index in [4.69, 9.17) is 13.9 Å². The molecule has 0 aliphatic carbocycles. The normalized spacial score (nSPS) is 11.9. The first-order valence-electron chi connectivity index (χ1n) is 11.6. The molecule has 38 heavy (non-hydrogen) atoms. The van der Waals surface area contributed by atoms with Gasteiger partial charge in [-0.1, -0.05) is 12.1 Å². The number of imidazole rings is 1. The van der Waals surface area contributed by atoms with Gasteiger partial charge in [-0.25, -0.2) is 22.9 Å². The van der Waals surface area contributed by atoms with Gasteiger partial charge < -0.3 is 13.9 Å². The topological polar surface area (TPSA) is 109 Å². The van der Waals surface area contributed by atoms with Crippen molar-refractivity contribution in [2.24, 2.45) is 0 Å². The van der Waals surface area contributed by atoms with Crippen LogP contribution < -0.4 is 9.47 Å². The fraction of sp³-hybridized carbons (Fsp3) is 0.148. The molecule has 0 radical (unpaired) electrons. The molecule has 0 spiro atoms. The Labute approximate surface area is 222 Å². The molecule has 6 rings (SSSR count). The zero-order chi connectivity index (χ0) is 26.4. The van der Waals surface area contributed by atoms with Gasteiger partial charge in [0.25, 0.3) is 0 Å². The van der Waals surface area contributed by atoms with E-state index >= 15 is 0 Å². The summed E-state index contributed by atoms with van der Waals surface area (Å²) in [5, 5.41) is 7.94. The molecule has 192 valence electrons. The van der Waals surface area contributed by atoms with Crippen molar-refractivity contribution in [1.29, 1.82) is 0 Å². The molecule has 0 unspecified atom stereocenters. The van der Waals surface area contributed by atoms with Crippen LogP contribution >= 0.6 is 11.3 Å². The molecule has 0 saturated carbocycles. The van der Waals surface area contributed by atoms with Gasteiger partial charge in [0.2, 0.25) is 0 Å². The Kier molecular flexibility index (Phi) is 5.88. The highest BCUT2D eigenvalue weighted by Gasteiger charge is 2.17. The highest BCUT2D eigenvalue weighted by Crippen LogP contribution is 2.37. The third-order valence-electron chi connectivity index (χ3n) is 5.97. The number of rotatable bonds is 7. The number of ether oxygens (including phenoxy) is 2. The van der Waals surface area contributed by atoms with Crippen molar-refractivity contribution in [2.45, 2.75) is 18.4 Å². The van der Waals surface area contributed by atoms with Gasteiger partial charge in [0.15, 0.2) is 21.2 Å². The zero-order valence-electron chi connectivity index (χ0n) is 20.7. The molecular weight excluding hydrogens is 524 g/mol. The fourth-order valence-corrected chi connectivity index (χ4v) is 5.49. The van der Waals surface area contributed by atoms with E-state index in [1.807, 2.05) is 48.8 Å². The van der Waals surface area contributed by atoms with E-state index in [9.17, 15) is 8.42 Å². The van der Waals surface area contributed by atoms with Gasteiger partial charge in [-0.2, -0.15) is 5.10 Å². The van der Waals surface area contributed by atoms with Gasteiger partial charge in [0, 0.05) is 29.3 Å². The van der Waals surface area contributed by atoms with E-state index in [1.165, 1.54) is 17.6 Å². The van der Waals surface area contributed by atoms with E-state index in [1.54, 1.807) is 35.9 Å². The number of hydrogen-bond donors (Lipinski definition) is 0. The number of benzene rings is 2. The Morgan fingerprint density at radius 2 is 1.87 bits per heavy atom. The van der Waals surface area contributed by atoms with Crippen molar-refractivity contribution in [3.05, 3.63) is 77.6 Å². The molecule has 6 aromatic rings. The molecule has 0 N–H and O–H groups in total. The lowest BCUT2D eigenvalue weighted by atomic mass is 10.2. The maximum absolute atomic E-state index is 11.7. The predicted octanol–water partition coefficient (Wildman–Crippen LogP) is 5.57. The van der Waals surface area contributed by atoms with E-state index < -0.39 is 9.84 Å². The summed E-state index contributed by atoms with van der Waals surface area (Å²) in [6.45, 7) is 2.16. The quantitative estimate of drug-likeness (QED) is 0.256. The smallest absolute Gasteiger partial charge is 0.175 e. The first-order chi connectivity index (χ1) is 18.3. The standard InChI is InChI=1S/C27H22N4O5S2/c1-16-4-9-26-29-22(13-31(26)30-16)25-12-21-23(10-19(34-2)11-24(21)36-25)35-14-18-15-37-27(28-18)17-5-7-20(8-6-17)38(3,32)33/h4-13,15H,14H2,1-3H3. The van der Waals surface area contributed by atoms with Crippen molar-refractivity contribution in [3.63, 3.8) is 0 Å². The minimum atomic E-state index is -3.25. The molecule has 0 atom stereocenters. The third-order valence-corrected chi connectivity index (χ3v) is 8.04. The van der Waals surface area contributed by atoms with Crippen LogP contribution in [0.1, 0.15) is 11.4 Å². The molecule has 0 amide bonds. The summed E-state index contributed by atoms with van der Waals surface area (Å²) < 4.78 is 42.9. The summed E-state index contributed by atoms with van der Waals surface area (Å²) in [6, 6.07) is 16.0. The molecule has 0 saturated heterocycles. The van der Waals surface area contributed by atoms with Crippen LogP contribution in [0, 0.1) is 6.92 Å². The third kappa shape index (κ3) is 4.61. The number of thiazole rings is 1.